The van der Waals surface area contributed by atoms with Crippen LogP contribution in [0.25, 0.3) is 0 Å². The van der Waals surface area contributed by atoms with Gasteiger partial charge in [0.25, 0.3) is 0 Å². The second kappa shape index (κ2) is 12.9. The number of hydrogen-bond acceptors (Lipinski definition) is 3. The maximum absolute atomic E-state index is 15.7. The minimum atomic E-state index is -5.37. The van der Waals surface area contributed by atoms with E-state index < -0.39 is 43.8 Å². The fourth-order valence-corrected chi connectivity index (χ4v) is 8.01. The Labute approximate surface area is 242 Å². The van der Waals surface area contributed by atoms with E-state index in [9.17, 15) is 13.0 Å². The topological polar surface area (TPSA) is 63.6 Å². The lowest BCUT2D eigenvalue weighted by molar-refractivity contribution is 0.361. The highest BCUT2D eigenvalue weighted by Crippen LogP contribution is 2.49. The van der Waals surface area contributed by atoms with Gasteiger partial charge in [-0.3, -0.25) is 4.55 Å². The molecule has 0 spiro atoms. The Morgan fingerprint density at radius 3 is 1.63 bits per heavy atom. The number of hydrogen-bond donors (Lipinski definition) is 1. The maximum Gasteiger partial charge on any atom is 0.300 e. The first-order chi connectivity index (χ1) is 19.7. The zero-order valence-corrected chi connectivity index (χ0v) is 24.5. The van der Waals surface area contributed by atoms with Crippen molar-refractivity contribution in [1.82, 2.24) is 0 Å². The van der Waals surface area contributed by atoms with Crippen LogP contribution in [0, 0.1) is 17.5 Å². The molecule has 0 heterocycles. The van der Waals surface area contributed by atoms with E-state index in [4.69, 9.17) is 4.74 Å². The number of benzene rings is 2. The number of ether oxygens (including phenoxy) is 1. The Hall–Kier alpha value is -2.32. The molecular formula is C33H41F3O4S. The van der Waals surface area contributed by atoms with Crippen molar-refractivity contribution in [2.45, 2.75) is 125 Å². The van der Waals surface area contributed by atoms with Crippen LogP contribution in [0.3, 0.4) is 0 Å². The van der Waals surface area contributed by atoms with Gasteiger partial charge in [0.15, 0.2) is 22.3 Å². The third-order valence-electron chi connectivity index (χ3n) is 9.48. The third kappa shape index (κ3) is 6.38. The lowest BCUT2D eigenvalue weighted by atomic mass is 9.75. The summed E-state index contributed by atoms with van der Waals surface area (Å²) in [5, 5.41) is 0. The first-order valence-corrected chi connectivity index (χ1v) is 16.8. The highest BCUT2D eigenvalue weighted by molar-refractivity contribution is 7.85. The van der Waals surface area contributed by atoms with Gasteiger partial charge in [0.05, 0.1) is 0 Å². The summed E-state index contributed by atoms with van der Waals surface area (Å²) in [6.07, 6.45) is 17.2. The SMILES string of the molecule is C=CCc1c(F)c(S(=O)(=O)O)c(F)c(F)c1Oc1c(C2CCCCC2)cc(C2CCCCC2)cc1C1CCCCC1. The molecule has 2 aromatic rings. The van der Waals surface area contributed by atoms with Crippen molar-refractivity contribution in [1.29, 1.82) is 0 Å². The lowest BCUT2D eigenvalue weighted by Crippen LogP contribution is -2.16. The molecule has 0 aliphatic heterocycles. The standard InChI is InChI=1S/C33H41F3O4S/c1-2-12-25-28(34)33(41(37,38)39)30(36)29(35)32(25)40-31-26(22-15-8-4-9-16-22)19-24(21-13-6-3-7-14-21)20-27(31)23-17-10-5-11-18-23/h2,19-23H,1,3-18H2,(H,37,38,39). The van der Waals surface area contributed by atoms with Crippen LogP contribution in [0.5, 0.6) is 11.5 Å². The van der Waals surface area contributed by atoms with Crippen LogP contribution >= 0.6 is 0 Å². The summed E-state index contributed by atoms with van der Waals surface area (Å²) in [5.74, 6) is -4.57. The first kappa shape index (κ1) is 30.1. The molecule has 0 unspecified atom stereocenters. The van der Waals surface area contributed by atoms with Crippen LogP contribution in [-0.2, 0) is 16.5 Å². The molecule has 1 N–H and O–H groups in total. The zero-order valence-electron chi connectivity index (χ0n) is 23.7. The first-order valence-electron chi connectivity index (χ1n) is 15.3. The van der Waals surface area contributed by atoms with Crippen LogP contribution < -0.4 is 4.74 Å². The molecule has 0 atom stereocenters. The van der Waals surface area contributed by atoms with E-state index in [0.717, 1.165) is 88.2 Å². The second-order valence-electron chi connectivity index (χ2n) is 12.2. The number of allylic oxidation sites excluding steroid dienone is 1. The Kier molecular flexibility index (Phi) is 9.49. The summed E-state index contributed by atoms with van der Waals surface area (Å²) in [6, 6.07) is 4.41. The van der Waals surface area contributed by atoms with Crippen molar-refractivity contribution in [2.24, 2.45) is 0 Å². The van der Waals surface area contributed by atoms with E-state index in [2.05, 4.69) is 18.7 Å². The minimum Gasteiger partial charge on any atom is -0.453 e. The van der Waals surface area contributed by atoms with E-state index in [1.165, 1.54) is 30.9 Å². The van der Waals surface area contributed by atoms with Crippen molar-refractivity contribution in [3.05, 3.63) is 64.5 Å². The molecular weight excluding hydrogens is 549 g/mol. The molecule has 3 aliphatic carbocycles. The van der Waals surface area contributed by atoms with Crippen molar-refractivity contribution in [3.8, 4) is 11.5 Å². The van der Waals surface area contributed by atoms with Crippen LogP contribution in [0.4, 0.5) is 13.2 Å². The van der Waals surface area contributed by atoms with Gasteiger partial charge in [-0.1, -0.05) is 76.0 Å². The van der Waals surface area contributed by atoms with E-state index in [0.29, 0.717) is 11.7 Å². The predicted molar refractivity (Wildman–Crippen MR) is 154 cm³/mol. The maximum atomic E-state index is 15.7. The van der Waals surface area contributed by atoms with Gasteiger partial charge in [-0.05, 0) is 79.4 Å². The van der Waals surface area contributed by atoms with Gasteiger partial charge in [0.1, 0.15) is 5.75 Å². The lowest BCUT2D eigenvalue weighted by Gasteiger charge is -2.32. The predicted octanol–water partition coefficient (Wildman–Crippen LogP) is 10.0. The number of rotatable bonds is 8. The van der Waals surface area contributed by atoms with Crippen LogP contribution in [0.15, 0.2) is 29.7 Å². The van der Waals surface area contributed by atoms with Crippen molar-refractivity contribution in [3.63, 3.8) is 0 Å². The van der Waals surface area contributed by atoms with Gasteiger partial charge in [0, 0.05) is 5.56 Å². The molecule has 0 aromatic heterocycles. The van der Waals surface area contributed by atoms with Gasteiger partial charge in [0.2, 0.25) is 5.82 Å². The molecule has 224 valence electrons. The molecule has 2 aromatic carbocycles. The van der Waals surface area contributed by atoms with E-state index in [1.807, 2.05) is 0 Å². The monoisotopic (exact) mass is 590 g/mol. The summed E-state index contributed by atoms with van der Waals surface area (Å²) < 4.78 is 85.7. The average molecular weight is 591 g/mol. The Morgan fingerprint density at radius 2 is 1.20 bits per heavy atom. The molecule has 0 saturated heterocycles. The van der Waals surface area contributed by atoms with E-state index in [1.54, 1.807) is 0 Å². The zero-order chi connectivity index (χ0) is 29.1. The summed E-state index contributed by atoms with van der Waals surface area (Å²) in [4.78, 5) is -1.70. The molecule has 3 fully saturated rings. The van der Waals surface area contributed by atoms with Crippen LogP contribution in [0.1, 0.15) is 136 Å². The summed E-state index contributed by atoms with van der Waals surface area (Å²) in [7, 11) is -5.37. The minimum absolute atomic E-state index is 0.183. The van der Waals surface area contributed by atoms with Crippen molar-refractivity contribution >= 4 is 10.1 Å². The fourth-order valence-electron chi connectivity index (χ4n) is 7.35. The highest BCUT2D eigenvalue weighted by atomic mass is 32.2. The molecule has 3 saturated carbocycles. The fraction of sp³-hybridized carbons (Fsp3) is 0.576. The Balaban J connectivity index is 1.73. The third-order valence-corrected chi connectivity index (χ3v) is 10.3. The molecule has 5 rings (SSSR count). The highest BCUT2D eigenvalue weighted by Gasteiger charge is 2.35. The van der Waals surface area contributed by atoms with Crippen LogP contribution in [0.2, 0.25) is 0 Å². The average Bonchev–Trinajstić information content (AvgIpc) is 2.98. The van der Waals surface area contributed by atoms with Gasteiger partial charge < -0.3 is 4.74 Å². The second-order valence-corrected chi connectivity index (χ2v) is 13.5. The van der Waals surface area contributed by atoms with E-state index >= 15 is 13.2 Å². The van der Waals surface area contributed by atoms with Crippen LogP contribution in [-0.4, -0.2) is 13.0 Å². The summed E-state index contributed by atoms with van der Waals surface area (Å²) >= 11 is 0. The Morgan fingerprint density at radius 1 is 0.732 bits per heavy atom. The molecule has 41 heavy (non-hydrogen) atoms. The molecule has 0 bridgehead atoms. The largest absolute Gasteiger partial charge is 0.453 e. The summed E-state index contributed by atoms with van der Waals surface area (Å²) in [5.41, 5.74) is 2.74. The van der Waals surface area contributed by atoms with Gasteiger partial charge >= 0.3 is 10.1 Å². The Bertz CT molecular complexity index is 1330. The number of halogens is 3. The quantitative estimate of drug-likeness (QED) is 0.189. The van der Waals surface area contributed by atoms with Gasteiger partial charge in [-0.15, -0.1) is 6.58 Å². The van der Waals surface area contributed by atoms with Crippen molar-refractivity contribution in [2.75, 3.05) is 0 Å². The molecule has 0 amide bonds. The van der Waals surface area contributed by atoms with Crippen molar-refractivity contribution < 1.29 is 30.9 Å². The summed E-state index contributed by atoms with van der Waals surface area (Å²) in [6.45, 7) is 3.58. The van der Waals surface area contributed by atoms with E-state index in [-0.39, 0.29) is 18.3 Å². The molecule has 0 radical (unpaired) electrons. The smallest absolute Gasteiger partial charge is 0.300 e. The molecule has 8 heteroatoms. The van der Waals surface area contributed by atoms with Gasteiger partial charge in [-0.2, -0.15) is 12.8 Å². The normalized spacial score (nSPS) is 19.8. The molecule has 4 nitrogen and oxygen atoms in total. The van der Waals surface area contributed by atoms with Gasteiger partial charge in [-0.25, -0.2) is 8.78 Å². The molecule has 3 aliphatic rings.